The molecule has 1 atom stereocenters. The van der Waals surface area contributed by atoms with E-state index in [2.05, 4.69) is 0 Å². The Morgan fingerprint density at radius 2 is 1.69 bits per heavy atom. The average molecular weight is 222 g/mol. The molecule has 0 fully saturated rings. The van der Waals surface area contributed by atoms with Crippen LogP contribution in [0.1, 0.15) is 18.4 Å². The van der Waals surface area contributed by atoms with Crippen LogP contribution in [0.4, 0.5) is 0 Å². The molecule has 0 saturated heterocycles. The highest BCUT2D eigenvalue weighted by atomic mass is 35.5. The largest absolute Gasteiger partial charge is 0.369 e. The van der Waals surface area contributed by atoms with Crippen LogP contribution in [0.25, 0.3) is 0 Å². The van der Waals surface area contributed by atoms with Gasteiger partial charge in [0.2, 0.25) is 5.91 Å². The third-order valence-corrected chi connectivity index (χ3v) is 1.73. The van der Waals surface area contributed by atoms with Crippen LogP contribution in [0, 0.1) is 0 Å². The first-order valence-electron chi connectivity index (χ1n) is 3.56. The van der Waals surface area contributed by atoms with Gasteiger partial charge in [0.15, 0.2) is 0 Å². The minimum atomic E-state index is -0.281. The average Bonchev–Trinajstić information content (AvgIpc) is 2.05. The number of primary amides is 1. The van der Waals surface area contributed by atoms with Crippen molar-refractivity contribution in [3.05, 3.63) is 35.9 Å². The third-order valence-electron chi connectivity index (χ3n) is 1.73. The molecule has 0 aliphatic rings. The van der Waals surface area contributed by atoms with E-state index in [9.17, 15) is 4.79 Å². The first kappa shape index (κ1) is 14.8. The van der Waals surface area contributed by atoms with Gasteiger partial charge in [-0.25, -0.2) is 0 Å². The fraction of sp³-hybridized carbons (Fsp3) is 0.222. The van der Waals surface area contributed by atoms with Gasteiger partial charge in [-0.1, -0.05) is 30.3 Å². The van der Waals surface area contributed by atoms with E-state index in [1.807, 2.05) is 30.3 Å². The van der Waals surface area contributed by atoms with Crippen molar-refractivity contribution in [3.8, 4) is 0 Å². The highest BCUT2D eigenvalue weighted by Crippen LogP contribution is 2.12. The van der Waals surface area contributed by atoms with E-state index in [4.69, 9.17) is 5.73 Å². The molecule has 2 N–H and O–H groups in total. The van der Waals surface area contributed by atoms with E-state index in [0.29, 0.717) is 0 Å². The molecule has 0 saturated carbocycles. The van der Waals surface area contributed by atoms with Gasteiger partial charge in [-0.15, -0.1) is 24.8 Å². The second-order valence-corrected chi connectivity index (χ2v) is 2.53. The number of carbonyl (C=O) groups is 1. The lowest BCUT2D eigenvalue weighted by molar-refractivity contribution is -0.119. The van der Waals surface area contributed by atoms with Crippen molar-refractivity contribution in [2.45, 2.75) is 12.8 Å². The molecule has 2 nitrogen and oxygen atoms in total. The van der Waals surface area contributed by atoms with Crippen molar-refractivity contribution in [2.75, 3.05) is 0 Å². The molecule has 4 heteroatoms. The van der Waals surface area contributed by atoms with E-state index >= 15 is 0 Å². The van der Waals surface area contributed by atoms with Crippen molar-refractivity contribution in [1.29, 1.82) is 0 Å². The Morgan fingerprint density at radius 3 is 2.08 bits per heavy atom. The Labute approximate surface area is 90.3 Å². The van der Waals surface area contributed by atoms with Gasteiger partial charge in [-0.05, 0) is 12.5 Å². The second-order valence-electron chi connectivity index (χ2n) is 2.53. The topological polar surface area (TPSA) is 43.1 Å². The molecule has 0 spiro atoms. The summed E-state index contributed by atoms with van der Waals surface area (Å²) >= 11 is 0. The number of carbonyl (C=O) groups excluding carboxylic acids is 1. The summed E-state index contributed by atoms with van der Waals surface area (Å²) in [7, 11) is 0. The predicted molar refractivity (Wildman–Crippen MR) is 58.5 cm³/mol. The summed E-state index contributed by atoms with van der Waals surface area (Å²) in [6.07, 6.45) is 0. The zero-order valence-corrected chi connectivity index (χ0v) is 8.90. The van der Waals surface area contributed by atoms with E-state index < -0.39 is 0 Å². The molecular weight excluding hydrogens is 209 g/mol. The molecule has 0 radical (unpaired) electrons. The van der Waals surface area contributed by atoms with Gasteiger partial charge in [-0.3, -0.25) is 4.79 Å². The van der Waals surface area contributed by atoms with Crippen molar-refractivity contribution in [1.82, 2.24) is 0 Å². The number of hydrogen-bond acceptors (Lipinski definition) is 1. The minimum Gasteiger partial charge on any atom is -0.369 e. The zero-order chi connectivity index (χ0) is 8.27. The Kier molecular flexibility index (Phi) is 7.67. The molecule has 0 bridgehead atoms. The lowest BCUT2D eigenvalue weighted by atomic mass is 10.0. The van der Waals surface area contributed by atoms with Crippen LogP contribution < -0.4 is 5.73 Å². The standard InChI is InChI=1S/C9H11NO.2ClH/c1-7(9(10)11)8-5-3-2-4-6-8;;/h2-7H,1H3,(H2,10,11);2*1H. The number of amides is 1. The predicted octanol–water partition coefficient (Wildman–Crippen LogP) is 2.12. The summed E-state index contributed by atoms with van der Waals surface area (Å²) in [5.74, 6) is -0.465. The maximum atomic E-state index is 10.7. The molecule has 74 valence electrons. The van der Waals surface area contributed by atoms with E-state index in [1.165, 1.54) is 0 Å². The molecule has 1 rings (SSSR count). The maximum Gasteiger partial charge on any atom is 0.224 e. The molecule has 1 aromatic rings. The number of nitrogens with two attached hydrogens (primary N) is 1. The van der Waals surface area contributed by atoms with E-state index in [0.717, 1.165) is 5.56 Å². The Morgan fingerprint density at radius 1 is 1.23 bits per heavy atom. The van der Waals surface area contributed by atoms with Crippen LogP contribution in [0.5, 0.6) is 0 Å². The van der Waals surface area contributed by atoms with Crippen LogP contribution in [0.3, 0.4) is 0 Å². The van der Waals surface area contributed by atoms with Crippen molar-refractivity contribution >= 4 is 30.7 Å². The first-order chi connectivity index (χ1) is 5.22. The smallest absolute Gasteiger partial charge is 0.224 e. The molecule has 13 heavy (non-hydrogen) atoms. The van der Waals surface area contributed by atoms with Crippen LogP contribution in [-0.2, 0) is 4.79 Å². The van der Waals surface area contributed by atoms with Crippen molar-refractivity contribution < 1.29 is 4.79 Å². The molecular formula is C9H13Cl2NO. The van der Waals surface area contributed by atoms with Gasteiger partial charge in [0.05, 0.1) is 5.92 Å². The third kappa shape index (κ3) is 4.15. The van der Waals surface area contributed by atoms with Gasteiger partial charge in [0.25, 0.3) is 0 Å². The summed E-state index contributed by atoms with van der Waals surface area (Å²) in [5.41, 5.74) is 6.10. The van der Waals surface area contributed by atoms with Crippen LogP contribution >= 0.6 is 24.8 Å². The number of rotatable bonds is 2. The summed E-state index contributed by atoms with van der Waals surface area (Å²) in [5, 5.41) is 0. The van der Waals surface area contributed by atoms with Crippen LogP contribution in [-0.4, -0.2) is 5.91 Å². The van der Waals surface area contributed by atoms with Crippen molar-refractivity contribution in [3.63, 3.8) is 0 Å². The number of benzene rings is 1. The second kappa shape index (κ2) is 6.75. The monoisotopic (exact) mass is 221 g/mol. The summed E-state index contributed by atoms with van der Waals surface area (Å²) in [6.45, 7) is 1.80. The summed E-state index contributed by atoms with van der Waals surface area (Å²) < 4.78 is 0. The normalized spacial score (nSPS) is 10.5. The SMILES string of the molecule is CC(C(N)=O)c1ccccc1.Cl.Cl. The number of halogens is 2. The molecule has 0 aliphatic heterocycles. The van der Waals surface area contributed by atoms with Gasteiger partial charge in [0.1, 0.15) is 0 Å². The fourth-order valence-corrected chi connectivity index (χ4v) is 0.906. The van der Waals surface area contributed by atoms with Gasteiger partial charge < -0.3 is 5.73 Å². The van der Waals surface area contributed by atoms with Gasteiger partial charge >= 0.3 is 0 Å². The molecule has 0 heterocycles. The fourth-order valence-electron chi connectivity index (χ4n) is 0.906. The summed E-state index contributed by atoms with van der Waals surface area (Å²) in [4.78, 5) is 10.7. The molecule has 1 aromatic carbocycles. The van der Waals surface area contributed by atoms with E-state index in [1.54, 1.807) is 6.92 Å². The first-order valence-corrected chi connectivity index (χ1v) is 3.56. The van der Waals surface area contributed by atoms with Gasteiger partial charge in [-0.2, -0.15) is 0 Å². The summed E-state index contributed by atoms with van der Waals surface area (Å²) in [6, 6.07) is 9.51. The van der Waals surface area contributed by atoms with Crippen LogP contribution in [0.15, 0.2) is 30.3 Å². The molecule has 1 unspecified atom stereocenters. The zero-order valence-electron chi connectivity index (χ0n) is 7.27. The molecule has 0 aromatic heterocycles. The van der Waals surface area contributed by atoms with Crippen LogP contribution in [0.2, 0.25) is 0 Å². The molecule has 0 aliphatic carbocycles. The van der Waals surface area contributed by atoms with Gasteiger partial charge in [0, 0.05) is 0 Å². The highest BCUT2D eigenvalue weighted by Gasteiger charge is 2.09. The lowest BCUT2D eigenvalue weighted by Gasteiger charge is -2.05. The maximum absolute atomic E-state index is 10.7. The lowest BCUT2D eigenvalue weighted by Crippen LogP contribution is -2.18. The molecule has 1 amide bonds. The van der Waals surface area contributed by atoms with Crippen molar-refractivity contribution in [2.24, 2.45) is 5.73 Å². The number of hydrogen-bond donors (Lipinski definition) is 1. The quantitative estimate of drug-likeness (QED) is 0.818. The highest BCUT2D eigenvalue weighted by molar-refractivity contribution is 5.85. The minimum absolute atomic E-state index is 0. The van der Waals surface area contributed by atoms with E-state index in [-0.39, 0.29) is 36.6 Å². The Balaban J connectivity index is 0. The Hall–Kier alpha value is -0.730. The Bertz CT molecular complexity index is 251.